The first-order valence-corrected chi connectivity index (χ1v) is 6.79. The summed E-state index contributed by atoms with van der Waals surface area (Å²) in [4.78, 5) is 11.7. The molecule has 0 spiro atoms. The highest BCUT2D eigenvalue weighted by Crippen LogP contribution is 2.29. The summed E-state index contributed by atoms with van der Waals surface area (Å²) in [5, 5.41) is 3.48. The molecule has 1 aliphatic carbocycles. The van der Waals surface area contributed by atoms with Crippen LogP contribution in [0, 0.1) is 17.8 Å². The summed E-state index contributed by atoms with van der Waals surface area (Å²) < 4.78 is 4.86. The van der Waals surface area contributed by atoms with Crippen LogP contribution >= 0.6 is 0 Å². The minimum atomic E-state index is -0.161. The molecule has 0 amide bonds. The maximum Gasteiger partial charge on any atom is 0.323 e. The van der Waals surface area contributed by atoms with Crippen molar-refractivity contribution in [3.8, 4) is 0 Å². The lowest BCUT2D eigenvalue weighted by Crippen LogP contribution is -2.49. The molecule has 0 bridgehead atoms. The number of hydrogen-bond acceptors (Lipinski definition) is 3. The lowest BCUT2D eigenvalue weighted by Gasteiger charge is -2.35. The molecule has 17 heavy (non-hydrogen) atoms. The van der Waals surface area contributed by atoms with Gasteiger partial charge in [-0.2, -0.15) is 0 Å². The van der Waals surface area contributed by atoms with Crippen molar-refractivity contribution < 1.29 is 9.53 Å². The Morgan fingerprint density at radius 3 is 2.35 bits per heavy atom. The summed E-state index contributed by atoms with van der Waals surface area (Å²) in [5.74, 6) is 1.69. The molecule has 1 aliphatic rings. The minimum absolute atomic E-state index is 0.133. The smallest absolute Gasteiger partial charge is 0.323 e. The Kier molecular flexibility index (Phi) is 5.44. The maximum absolute atomic E-state index is 11.7. The number of methoxy groups -OCH3 is 1. The molecule has 0 saturated heterocycles. The van der Waals surface area contributed by atoms with Crippen LogP contribution in [0.1, 0.15) is 47.0 Å². The first-order chi connectivity index (χ1) is 7.95. The zero-order valence-corrected chi connectivity index (χ0v) is 11.8. The number of hydrogen-bond donors (Lipinski definition) is 1. The van der Waals surface area contributed by atoms with Gasteiger partial charge >= 0.3 is 5.97 Å². The van der Waals surface area contributed by atoms with Gasteiger partial charge in [0.25, 0.3) is 0 Å². The first kappa shape index (κ1) is 14.5. The quantitative estimate of drug-likeness (QED) is 0.769. The van der Waals surface area contributed by atoms with E-state index in [2.05, 4.69) is 33.0 Å². The van der Waals surface area contributed by atoms with E-state index >= 15 is 0 Å². The van der Waals surface area contributed by atoms with Crippen molar-refractivity contribution in [3.05, 3.63) is 0 Å². The molecule has 0 aromatic carbocycles. The molecule has 1 rings (SSSR count). The van der Waals surface area contributed by atoms with Gasteiger partial charge in [-0.05, 0) is 37.0 Å². The standard InChI is InChI=1S/C14H27NO2/c1-9(2)13(14(16)17-5)15-12-7-6-10(3)11(4)8-12/h9-13,15H,6-8H2,1-5H3. The third-order valence-electron chi connectivity index (χ3n) is 4.14. The van der Waals surface area contributed by atoms with Crippen LogP contribution in [0.2, 0.25) is 0 Å². The highest BCUT2D eigenvalue weighted by Gasteiger charge is 2.30. The Morgan fingerprint density at radius 2 is 1.88 bits per heavy atom. The average Bonchev–Trinajstić information content (AvgIpc) is 2.29. The van der Waals surface area contributed by atoms with E-state index in [0.717, 1.165) is 11.8 Å². The number of carbonyl (C=O) groups excluding carboxylic acids is 1. The van der Waals surface area contributed by atoms with Gasteiger partial charge < -0.3 is 10.1 Å². The summed E-state index contributed by atoms with van der Waals surface area (Å²) in [6.45, 7) is 8.75. The van der Waals surface area contributed by atoms with Crippen molar-refractivity contribution in [2.75, 3.05) is 7.11 Å². The maximum atomic E-state index is 11.7. The van der Waals surface area contributed by atoms with Crippen LogP contribution in [0.3, 0.4) is 0 Å². The predicted molar refractivity (Wildman–Crippen MR) is 69.7 cm³/mol. The molecule has 4 unspecified atom stereocenters. The number of esters is 1. The third kappa shape index (κ3) is 3.98. The van der Waals surface area contributed by atoms with E-state index in [9.17, 15) is 4.79 Å². The Labute approximate surface area is 105 Å². The Hall–Kier alpha value is -0.570. The molecule has 1 N–H and O–H groups in total. The van der Waals surface area contributed by atoms with E-state index in [-0.39, 0.29) is 17.9 Å². The van der Waals surface area contributed by atoms with Crippen LogP contribution < -0.4 is 5.32 Å². The number of ether oxygens (including phenoxy) is 1. The number of carbonyl (C=O) groups is 1. The summed E-state index contributed by atoms with van der Waals surface area (Å²) in [6.07, 6.45) is 3.60. The van der Waals surface area contributed by atoms with Gasteiger partial charge in [0.1, 0.15) is 6.04 Å². The molecule has 4 atom stereocenters. The zero-order valence-electron chi connectivity index (χ0n) is 11.8. The number of rotatable bonds is 4. The minimum Gasteiger partial charge on any atom is -0.468 e. The van der Waals surface area contributed by atoms with Gasteiger partial charge in [0, 0.05) is 6.04 Å². The highest BCUT2D eigenvalue weighted by molar-refractivity contribution is 5.75. The summed E-state index contributed by atoms with van der Waals surface area (Å²) >= 11 is 0. The third-order valence-corrected chi connectivity index (χ3v) is 4.14. The van der Waals surface area contributed by atoms with Crippen molar-refractivity contribution >= 4 is 5.97 Å². The van der Waals surface area contributed by atoms with Gasteiger partial charge in [-0.1, -0.05) is 27.7 Å². The van der Waals surface area contributed by atoms with Crippen molar-refractivity contribution in [1.82, 2.24) is 5.32 Å². The predicted octanol–water partition coefficient (Wildman–Crippen LogP) is 2.60. The van der Waals surface area contributed by atoms with Gasteiger partial charge in [0.05, 0.1) is 7.11 Å². The van der Waals surface area contributed by atoms with E-state index in [1.807, 2.05) is 0 Å². The second kappa shape index (κ2) is 6.39. The largest absolute Gasteiger partial charge is 0.468 e. The SMILES string of the molecule is COC(=O)C(NC1CCC(C)C(C)C1)C(C)C. The van der Waals surface area contributed by atoms with Crippen LogP contribution in [0.5, 0.6) is 0 Å². The number of nitrogens with one attached hydrogen (secondary N) is 1. The molecule has 0 aromatic heterocycles. The summed E-state index contributed by atoms with van der Waals surface area (Å²) in [7, 11) is 1.46. The van der Waals surface area contributed by atoms with Crippen molar-refractivity contribution in [2.45, 2.75) is 59.0 Å². The van der Waals surface area contributed by atoms with E-state index in [0.29, 0.717) is 6.04 Å². The fourth-order valence-electron chi connectivity index (χ4n) is 2.61. The molecule has 1 fully saturated rings. The second-order valence-corrected chi connectivity index (χ2v) is 5.88. The molecule has 3 heteroatoms. The highest BCUT2D eigenvalue weighted by atomic mass is 16.5. The molecule has 100 valence electrons. The van der Waals surface area contributed by atoms with Crippen LogP contribution in [-0.2, 0) is 9.53 Å². The second-order valence-electron chi connectivity index (χ2n) is 5.88. The van der Waals surface area contributed by atoms with E-state index in [1.165, 1.54) is 26.4 Å². The first-order valence-electron chi connectivity index (χ1n) is 6.79. The Morgan fingerprint density at radius 1 is 1.24 bits per heavy atom. The van der Waals surface area contributed by atoms with Crippen LogP contribution in [-0.4, -0.2) is 25.2 Å². The van der Waals surface area contributed by atoms with E-state index in [4.69, 9.17) is 4.74 Å². The topological polar surface area (TPSA) is 38.3 Å². The fourth-order valence-corrected chi connectivity index (χ4v) is 2.61. The molecule has 1 saturated carbocycles. The van der Waals surface area contributed by atoms with Crippen LogP contribution in [0.25, 0.3) is 0 Å². The molecule has 0 aromatic rings. The molecule has 0 heterocycles. The Bertz CT molecular complexity index is 253. The molecule has 3 nitrogen and oxygen atoms in total. The van der Waals surface area contributed by atoms with Crippen molar-refractivity contribution in [1.29, 1.82) is 0 Å². The molecular formula is C14H27NO2. The van der Waals surface area contributed by atoms with Crippen molar-refractivity contribution in [3.63, 3.8) is 0 Å². The van der Waals surface area contributed by atoms with Crippen molar-refractivity contribution in [2.24, 2.45) is 17.8 Å². The fraction of sp³-hybridized carbons (Fsp3) is 0.929. The van der Waals surface area contributed by atoms with Gasteiger partial charge in [-0.15, -0.1) is 0 Å². The average molecular weight is 241 g/mol. The molecular weight excluding hydrogens is 214 g/mol. The summed E-state index contributed by atoms with van der Waals surface area (Å²) in [6, 6.07) is 0.304. The van der Waals surface area contributed by atoms with Gasteiger partial charge in [0.2, 0.25) is 0 Å². The van der Waals surface area contributed by atoms with Gasteiger partial charge in [-0.25, -0.2) is 0 Å². The summed E-state index contributed by atoms with van der Waals surface area (Å²) in [5.41, 5.74) is 0. The van der Waals surface area contributed by atoms with Crippen LogP contribution in [0.15, 0.2) is 0 Å². The monoisotopic (exact) mass is 241 g/mol. The van der Waals surface area contributed by atoms with Gasteiger partial charge in [0.15, 0.2) is 0 Å². The normalized spacial score (nSPS) is 31.3. The van der Waals surface area contributed by atoms with Gasteiger partial charge in [-0.3, -0.25) is 4.79 Å². The van der Waals surface area contributed by atoms with E-state index < -0.39 is 0 Å². The Balaban J connectivity index is 2.53. The lowest BCUT2D eigenvalue weighted by molar-refractivity contribution is -0.144. The molecule has 0 radical (unpaired) electrons. The zero-order chi connectivity index (χ0) is 13.0. The van der Waals surface area contributed by atoms with Crippen LogP contribution in [0.4, 0.5) is 0 Å². The lowest BCUT2D eigenvalue weighted by atomic mass is 9.78. The van der Waals surface area contributed by atoms with E-state index in [1.54, 1.807) is 0 Å². The molecule has 0 aliphatic heterocycles.